The summed E-state index contributed by atoms with van der Waals surface area (Å²) in [5.41, 5.74) is 15.1. The molecule has 12 rings (SSSR count). The van der Waals surface area contributed by atoms with E-state index in [0.29, 0.717) is 0 Å². The van der Waals surface area contributed by atoms with Crippen molar-refractivity contribution in [3.63, 3.8) is 0 Å². The number of benzene rings is 10. The third-order valence-electron chi connectivity index (χ3n) is 13.1. The van der Waals surface area contributed by atoms with Gasteiger partial charge in [-0.05, 0) is 135 Å². The molecule has 3 heteroatoms. The predicted molar refractivity (Wildman–Crippen MR) is 263 cm³/mol. The van der Waals surface area contributed by atoms with Crippen LogP contribution in [0.2, 0.25) is 0 Å². The van der Waals surface area contributed by atoms with Crippen molar-refractivity contribution in [2.75, 3.05) is 9.80 Å². The third kappa shape index (κ3) is 5.66. The fourth-order valence-corrected chi connectivity index (χ4v) is 10.1. The van der Waals surface area contributed by atoms with Crippen LogP contribution >= 0.6 is 0 Å². The molecule has 294 valence electrons. The molecule has 0 radical (unpaired) electrons. The van der Waals surface area contributed by atoms with Crippen LogP contribution in [0.25, 0.3) is 60.2 Å². The summed E-state index contributed by atoms with van der Waals surface area (Å²) in [5, 5.41) is 7.38. The quantitative estimate of drug-likeness (QED) is 0.159. The summed E-state index contributed by atoms with van der Waals surface area (Å²) in [6.07, 6.45) is 0. The summed E-state index contributed by atoms with van der Waals surface area (Å²) in [5.74, 6) is 0. The van der Waals surface area contributed by atoms with Crippen LogP contribution < -0.4 is 9.80 Å². The summed E-state index contributed by atoms with van der Waals surface area (Å²) in [6.45, 7) is 4.77. The first-order valence-electron chi connectivity index (χ1n) is 21.5. The van der Waals surface area contributed by atoms with Crippen molar-refractivity contribution < 1.29 is 0 Å². The highest BCUT2D eigenvalue weighted by molar-refractivity contribution is 6.18. The van der Waals surface area contributed by atoms with E-state index < -0.39 is 0 Å². The first-order valence-corrected chi connectivity index (χ1v) is 21.5. The van der Waals surface area contributed by atoms with Gasteiger partial charge in [0.2, 0.25) is 0 Å². The van der Waals surface area contributed by atoms with Crippen LogP contribution in [0.3, 0.4) is 0 Å². The van der Waals surface area contributed by atoms with E-state index in [1.54, 1.807) is 0 Å². The molecule has 0 saturated carbocycles. The Morgan fingerprint density at radius 3 is 1.58 bits per heavy atom. The molecular formula is C59H43N3. The lowest BCUT2D eigenvalue weighted by Gasteiger charge is -2.31. The van der Waals surface area contributed by atoms with Crippen molar-refractivity contribution in [1.29, 1.82) is 0 Å². The predicted octanol–water partition coefficient (Wildman–Crippen LogP) is 16.3. The summed E-state index contributed by atoms with van der Waals surface area (Å²) < 4.78 is 2.47. The molecule has 0 aliphatic heterocycles. The Kier molecular flexibility index (Phi) is 8.20. The number of nitrogens with zero attached hydrogens (tertiary/aromatic N) is 3. The lowest BCUT2D eigenvalue weighted by atomic mass is 9.81. The Labute approximate surface area is 362 Å². The molecule has 0 fully saturated rings. The van der Waals surface area contributed by atoms with E-state index in [1.807, 2.05) is 0 Å². The molecule has 0 atom stereocenters. The van der Waals surface area contributed by atoms with Crippen molar-refractivity contribution >= 4 is 77.5 Å². The van der Waals surface area contributed by atoms with E-state index in [1.165, 1.54) is 54.6 Å². The van der Waals surface area contributed by atoms with Crippen molar-refractivity contribution in [2.45, 2.75) is 19.3 Å². The maximum absolute atomic E-state index is 2.49. The molecule has 0 saturated heterocycles. The first-order chi connectivity index (χ1) is 30.5. The molecular weight excluding hydrogens is 751 g/mol. The Hall–Kier alpha value is -7.88. The van der Waals surface area contributed by atoms with Gasteiger partial charge in [-0.25, -0.2) is 0 Å². The van der Waals surface area contributed by atoms with Gasteiger partial charge in [0.05, 0.1) is 22.4 Å². The second-order valence-corrected chi connectivity index (χ2v) is 17.0. The molecule has 11 aromatic rings. The lowest BCUT2D eigenvalue weighted by molar-refractivity contribution is 0.661. The van der Waals surface area contributed by atoms with Crippen LogP contribution in [-0.4, -0.2) is 4.57 Å². The largest absolute Gasteiger partial charge is 0.310 e. The molecule has 3 nitrogen and oxygen atoms in total. The van der Waals surface area contributed by atoms with Gasteiger partial charge in [0.1, 0.15) is 0 Å². The zero-order valence-electron chi connectivity index (χ0n) is 34.7. The average molecular weight is 794 g/mol. The lowest BCUT2D eigenvalue weighted by Crippen LogP contribution is -2.17. The van der Waals surface area contributed by atoms with Crippen LogP contribution in [0.5, 0.6) is 0 Å². The van der Waals surface area contributed by atoms with Gasteiger partial charge in [-0.15, -0.1) is 0 Å². The fourth-order valence-electron chi connectivity index (χ4n) is 10.1. The zero-order chi connectivity index (χ0) is 41.4. The minimum absolute atomic E-state index is 0.201. The van der Waals surface area contributed by atoms with Gasteiger partial charge in [0.15, 0.2) is 0 Å². The number of hydrogen-bond acceptors (Lipinski definition) is 2. The van der Waals surface area contributed by atoms with Gasteiger partial charge in [0.25, 0.3) is 0 Å². The molecule has 0 bridgehead atoms. The molecule has 62 heavy (non-hydrogen) atoms. The SMILES string of the molecule is CC1(C)c2cc(N(c3ccccc3)c3cc(N(c4ccccc4)c4ccccc4)cc4c3c3ccccc3n4-c3ccc4ccccc4c3)ccc2-c2cc3ccccc3cc21. The number of rotatable bonds is 7. The second-order valence-electron chi connectivity index (χ2n) is 17.0. The maximum Gasteiger partial charge on any atom is 0.0583 e. The Bertz CT molecular complexity index is 3450. The highest BCUT2D eigenvalue weighted by atomic mass is 15.2. The highest BCUT2D eigenvalue weighted by Crippen LogP contribution is 2.53. The molecule has 1 aliphatic rings. The maximum atomic E-state index is 2.49. The second kappa shape index (κ2) is 14.1. The highest BCUT2D eigenvalue weighted by Gasteiger charge is 2.37. The molecule has 0 unspecified atom stereocenters. The molecule has 10 aromatic carbocycles. The van der Waals surface area contributed by atoms with E-state index in [4.69, 9.17) is 0 Å². The summed E-state index contributed by atoms with van der Waals surface area (Å²) >= 11 is 0. The van der Waals surface area contributed by atoms with Crippen LogP contribution in [0.1, 0.15) is 25.0 Å². The monoisotopic (exact) mass is 793 g/mol. The standard InChI is InChI=1S/C59H43N3/c1-59(2)53-36-43-21-15-14-20-42(43)35-52(53)50-33-32-48(37-54(50)59)61(46-26-10-5-11-27-46)56-38-49(60(44-22-6-3-7-23-44)45-24-8-4-9-25-45)39-57-58(56)51-28-16-17-29-55(51)62(57)47-31-30-40-18-12-13-19-41(40)34-47/h3-39H,1-2H3. The molecule has 1 aliphatic carbocycles. The van der Waals surface area contributed by atoms with E-state index in [-0.39, 0.29) is 5.41 Å². The number of hydrogen-bond donors (Lipinski definition) is 0. The van der Waals surface area contributed by atoms with Gasteiger partial charge < -0.3 is 14.4 Å². The van der Waals surface area contributed by atoms with Crippen molar-refractivity contribution in [3.8, 4) is 16.8 Å². The van der Waals surface area contributed by atoms with E-state index >= 15 is 0 Å². The number of aromatic nitrogens is 1. The van der Waals surface area contributed by atoms with Gasteiger partial charge >= 0.3 is 0 Å². The fraction of sp³-hybridized carbons (Fsp3) is 0.0508. The first kappa shape index (κ1) is 36.0. The van der Waals surface area contributed by atoms with Gasteiger partial charge in [-0.1, -0.05) is 147 Å². The minimum Gasteiger partial charge on any atom is -0.310 e. The summed E-state index contributed by atoms with van der Waals surface area (Å²) in [4.78, 5) is 4.88. The van der Waals surface area contributed by atoms with Crippen LogP contribution in [0.15, 0.2) is 224 Å². The van der Waals surface area contributed by atoms with E-state index in [2.05, 4.69) is 253 Å². The number of para-hydroxylation sites is 4. The van der Waals surface area contributed by atoms with Crippen LogP contribution in [0.4, 0.5) is 34.1 Å². The normalized spacial score (nSPS) is 12.8. The molecule has 1 aromatic heterocycles. The Morgan fingerprint density at radius 1 is 0.355 bits per heavy atom. The summed E-state index contributed by atoms with van der Waals surface area (Å²) in [7, 11) is 0. The van der Waals surface area contributed by atoms with Crippen LogP contribution in [0, 0.1) is 0 Å². The topological polar surface area (TPSA) is 11.4 Å². The van der Waals surface area contributed by atoms with Gasteiger partial charge in [0, 0.05) is 44.6 Å². The molecule has 0 spiro atoms. The zero-order valence-corrected chi connectivity index (χ0v) is 34.7. The Balaban J connectivity index is 1.18. The van der Waals surface area contributed by atoms with Crippen molar-refractivity contribution in [1.82, 2.24) is 4.57 Å². The van der Waals surface area contributed by atoms with Crippen molar-refractivity contribution in [3.05, 3.63) is 236 Å². The Morgan fingerprint density at radius 2 is 0.903 bits per heavy atom. The van der Waals surface area contributed by atoms with E-state index in [0.717, 1.165) is 50.8 Å². The molecule has 1 heterocycles. The molecule has 0 N–H and O–H groups in total. The van der Waals surface area contributed by atoms with Gasteiger partial charge in [-0.2, -0.15) is 0 Å². The minimum atomic E-state index is -0.201. The smallest absolute Gasteiger partial charge is 0.0583 e. The van der Waals surface area contributed by atoms with Gasteiger partial charge in [-0.3, -0.25) is 0 Å². The van der Waals surface area contributed by atoms with Crippen LogP contribution in [-0.2, 0) is 5.41 Å². The third-order valence-corrected chi connectivity index (χ3v) is 13.1. The number of anilines is 6. The average Bonchev–Trinajstić information content (AvgIpc) is 3.77. The number of fused-ring (bicyclic) bond motifs is 8. The van der Waals surface area contributed by atoms with E-state index in [9.17, 15) is 0 Å². The summed E-state index contributed by atoms with van der Waals surface area (Å²) in [6, 6.07) is 82.3. The molecule has 0 amide bonds. The van der Waals surface area contributed by atoms with Crippen molar-refractivity contribution in [2.24, 2.45) is 0 Å².